The van der Waals surface area contributed by atoms with E-state index in [1.54, 1.807) is 30.5 Å². The van der Waals surface area contributed by atoms with Crippen molar-refractivity contribution >= 4 is 34.3 Å². The third-order valence-electron chi connectivity index (χ3n) is 7.63. The first-order chi connectivity index (χ1) is 18.2. The SMILES string of the molecule is CC(C)C[C@@H](C(=O)N1C[C@]2(C[C@H]1C#N)C(=O)Nc1ccccc12)N(C)C(=O)c1ccc2ncccc2c1F. The van der Waals surface area contributed by atoms with Gasteiger partial charge in [0.25, 0.3) is 5.91 Å². The quantitative estimate of drug-likeness (QED) is 0.557. The number of halogens is 1. The highest BCUT2D eigenvalue weighted by Gasteiger charge is 2.56. The van der Waals surface area contributed by atoms with E-state index in [2.05, 4.69) is 16.4 Å². The molecule has 0 aliphatic carbocycles. The fourth-order valence-electron chi connectivity index (χ4n) is 5.66. The van der Waals surface area contributed by atoms with Gasteiger partial charge in [0.15, 0.2) is 0 Å². The number of nitrogens with one attached hydrogen (secondary N) is 1. The minimum atomic E-state index is -1.03. The topological polar surface area (TPSA) is 106 Å². The summed E-state index contributed by atoms with van der Waals surface area (Å²) in [7, 11) is 1.48. The van der Waals surface area contributed by atoms with Crippen LogP contribution in [-0.4, -0.2) is 58.2 Å². The summed E-state index contributed by atoms with van der Waals surface area (Å²) >= 11 is 0. The highest BCUT2D eigenvalue weighted by atomic mass is 19.1. The van der Waals surface area contributed by atoms with E-state index < -0.39 is 35.1 Å². The van der Waals surface area contributed by atoms with Crippen LogP contribution in [-0.2, 0) is 15.0 Å². The van der Waals surface area contributed by atoms with Gasteiger partial charge in [-0.2, -0.15) is 5.26 Å². The molecule has 2 aliphatic heterocycles. The van der Waals surface area contributed by atoms with E-state index in [4.69, 9.17) is 0 Å². The Morgan fingerprint density at radius 3 is 2.74 bits per heavy atom. The predicted molar refractivity (Wildman–Crippen MR) is 140 cm³/mol. The number of para-hydroxylation sites is 1. The number of amides is 3. The molecule has 3 amide bonds. The van der Waals surface area contributed by atoms with E-state index in [1.807, 2.05) is 32.0 Å². The lowest BCUT2D eigenvalue weighted by molar-refractivity contribution is -0.136. The Morgan fingerprint density at radius 2 is 2.00 bits per heavy atom. The summed E-state index contributed by atoms with van der Waals surface area (Å²) in [5.41, 5.74) is 0.671. The summed E-state index contributed by atoms with van der Waals surface area (Å²) in [5, 5.41) is 13.1. The molecule has 1 aromatic heterocycles. The lowest BCUT2D eigenvalue weighted by atomic mass is 9.80. The van der Waals surface area contributed by atoms with Gasteiger partial charge in [-0.25, -0.2) is 4.39 Å². The summed E-state index contributed by atoms with van der Waals surface area (Å²) in [4.78, 5) is 47.5. The molecule has 194 valence electrons. The summed E-state index contributed by atoms with van der Waals surface area (Å²) in [6.45, 7) is 3.88. The molecule has 1 fully saturated rings. The van der Waals surface area contributed by atoms with Gasteiger partial charge in [0.2, 0.25) is 11.8 Å². The first-order valence-corrected chi connectivity index (χ1v) is 12.6. The average Bonchev–Trinajstić information content (AvgIpc) is 3.44. The van der Waals surface area contributed by atoms with Crippen molar-refractivity contribution in [3.63, 3.8) is 0 Å². The summed E-state index contributed by atoms with van der Waals surface area (Å²) in [6, 6.07) is 13.8. The number of nitriles is 1. The minimum Gasteiger partial charge on any atom is -0.330 e. The molecule has 1 spiro atoms. The van der Waals surface area contributed by atoms with Gasteiger partial charge in [-0.1, -0.05) is 32.0 Å². The van der Waals surface area contributed by atoms with E-state index >= 15 is 4.39 Å². The van der Waals surface area contributed by atoms with Gasteiger partial charge in [0.1, 0.15) is 17.9 Å². The highest BCUT2D eigenvalue weighted by molar-refractivity contribution is 6.07. The van der Waals surface area contributed by atoms with Crippen LogP contribution in [0.25, 0.3) is 10.9 Å². The lowest BCUT2D eigenvalue weighted by Crippen LogP contribution is -2.52. The zero-order valence-electron chi connectivity index (χ0n) is 21.4. The number of nitrogens with zero attached hydrogens (tertiary/aromatic N) is 4. The maximum Gasteiger partial charge on any atom is 0.257 e. The van der Waals surface area contributed by atoms with E-state index in [-0.39, 0.29) is 35.7 Å². The number of anilines is 1. The number of aromatic nitrogens is 1. The van der Waals surface area contributed by atoms with Crippen LogP contribution in [0.1, 0.15) is 42.6 Å². The maximum atomic E-state index is 15.3. The van der Waals surface area contributed by atoms with Gasteiger partial charge >= 0.3 is 0 Å². The van der Waals surface area contributed by atoms with E-state index in [0.717, 1.165) is 5.56 Å². The van der Waals surface area contributed by atoms with Crippen LogP contribution in [0.2, 0.25) is 0 Å². The van der Waals surface area contributed by atoms with Crippen LogP contribution in [0.3, 0.4) is 0 Å². The number of benzene rings is 2. The molecule has 1 N–H and O–H groups in total. The summed E-state index contributed by atoms with van der Waals surface area (Å²) in [5.74, 6) is -1.99. The number of rotatable bonds is 5. The molecular weight excluding hydrogens is 485 g/mol. The van der Waals surface area contributed by atoms with Crippen molar-refractivity contribution in [2.45, 2.75) is 44.2 Å². The maximum absolute atomic E-state index is 15.3. The molecule has 1 saturated heterocycles. The van der Waals surface area contributed by atoms with E-state index in [1.165, 1.54) is 22.9 Å². The van der Waals surface area contributed by atoms with Crippen molar-refractivity contribution in [2.24, 2.45) is 5.92 Å². The van der Waals surface area contributed by atoms with Crippen LogP contribution in [0, 0.1) is 23.1 Å². The summed E-state index contributed by atoms with van der Waals surface area (Å²) in [6.07, 6.45) is 2.02. The molecule has 2 aromatic carbocycles. The number of pyridine rings is 1. The van der Waals surface area contributed by atoms with Gasteiger partial charge < -0.3 is 15.1 Å². The summed E-state index contributed by atoms with van der Waals surface area (Å²) < 4.78 is 15.3. The highest BCUT2D eigenvalue weighted by Crippen LogP contribution is 2.46. The van der Waals surface area contributed by atoms with Crippen molar-refractivity contribution in [1.82, 2.24) is 14.8 Å². The Labute approximate surface area is 220 Å². The third kappa shape index (κ3) is 3.97. The zero-order chi connectivity index (χ0) is 27.2. The number of hydrogen-bond donors (Lipinski definition) is 1. The van der Waals surface area contributed by atoms with Gasteiger partial charge in [0.05, 0.1) is 22.6 Å². The molecule has 38 heavy (non-hydrogen) atoms. The van der Waals surface area contributed by atoms with E-state index in [0.29, 0.717) is 17.6 Å². The first kappa shape index (κ1) is 25.3. The van der Waals surface area contributed by atoms with Crippen LogP contribution in [0.15, 0.2) is 54.7 Å². The fourth-order valence-corrected chi connectivity index (χ4v) is 5.66. The molecular formula is C29H28FN5O3. The molecule has 3 heterocycles. The third-order valence-corrected chi connectivity index (χ3v) is 7.63. The molecule has 2 aliphatic rings. The number of carbonyl (C=O) groups is 3. The van der Waals surface area contributed by atoms with Gasteiger partial charge in [-0.05, 0) is 48.2 Å². The van der Waals surface area contributed by atoms with Crippen molar-refractivity contribution in [1.29, 1.82) is 5.26 Å². The number of carbonyl (C=O) groups excluding carboxylic acids is 3. The Bertz CT molecular complexity index is 1500. The molecule has 5 rings (SSSR count). The normalized spacial score (nSPS) is 20.9. The van der Waals surface area contributed by atoms with Crippen molar-refractivity contribution in [3.8, 4) is 6.07 Å². The molecule has 3 atom stereocenters. The van der Waals surface area contributed by atoms with Crippen molar-refractivity contribution < 1.29 is 18.8 Å². The minimum absolute atomic E-state index is 0.0254. The number of likely N-dealkylation sites (N-methyl/N-ethyl adjacent to an activating group) is 1. The standard InChI is InChI=1S/C29H28FN5O3/c1-17(2)13-24(34(3)26(36)20-10-11-22-19(25(20)30)7-6-12-32-22)27(37)35-16-29(14-18(35)15-31)21-8-4-5-9-23(21)33-28(29)38/h4-12,17-18,24H,13-14,16H2,1-3H3,(H,33,38)/t18-,24-,29-/m0/s1. The predicted octanol–water partition coefficient (Wildman–Crippen LogP) is 3.88. The molecule has 9 heteroatoms. The first-order valence-electron chi connectivity index (χ1n) is 12.6. The van der Waals surface area contributed by atoms with Crippen molar-refractivity contribution in [3.05, 3.63) is 71.7 Å². The Morgan fingerprint density at radius 1 is 1.24 bits per heavy atom. The number of hydrogen-bond acceptors (Lipinski definition) is 5. The molecule has 0 saturated carbocycles. The number of fused-ring (bicyclic) bond motifs is 3. The molecule has 0 unspecified atom stereocenters. The Balaban J connectivity index is 1.48. The van der Waals surface area contributed by atoms with E-state index in [9.17, 15) is 19.6 Å². The molecule has 8 nitrogen and oxygen atoms in total. The van der Waals surface area contributed by atoms with Crippen LogP contribution >= 0.6 is 0 Å². The lowest BCUT2D eigenvalue weighted by Gasteiger charge is -2.33. The fraction of sp³-hybridized carbons (Fsp3) is 0.345. The average molecular weight is 514 g/mol. The smallest absolute Gasteiger partial charge is 0.257 e. The largest absolute Gasteiger partial charge is 0.330 e. The molecule has 3 aromatic rings. The Hall–Kier alpha value is -4.32. The second-order valence-electron chi connectivity index (χ2n) is 10.5. The molecule has 0 bridgehead atoms. The van der Waals surface area contributed by atoms with Gasteiger partial charge in [-0.15, -0.1) is 0 Å². The second-order valence-corrected chi connectivity index (χ2v) is 10.5. The monoisotopic (exact) mass is 513 g/mol. The second kappa shape index (κ2) is 9.53. The van der Waals surface area contributed by atoms with Crippen molar-refractivity contribution in [2.75, 3.05) is 18.9 Å². The Kier molecular flexibility index (Phi) is 6.35. The van der Waals surface area contributed by atoms with Crippen LogP contribution in [0.5, 0.6) is 0 Å². The molecule has 0 radical (unpaired) electrons. The zero-order valence-corrected chi connectivity index (χ0v) is 21.4. The van der Waals surface area contributed by atoms with Crippen LogP contribution < -0.4 is 5.32 Å². The number of likely N-dealkylation sites (tertiary alicyclic amines) is 1. The van der Waals surface area contributed by atoms with Gasteiger partial charge in [-0.3, -0.25) is 19.4 Å². The van der Waals surface area contributed by atoms with Gasteiger partial charge in [0, 0.05) is 37.3 Å². The van der Waals surface area contributed by atoms with Crippen LogP contribution in [0.4, 0.5) is 10.1 Å².